The second-order valence-corrected chi connectivity index (χ2v) is 4.07. The lowest BCUT2D eigenvalue weighted by molar-refractivity contribution is 0.940. The van der Waals surface area contributed by atoms with Crippen molar-refractivity contribution in [1.82, 2.24) is 14.6 Å². The molecule has 1 N–H and O–H groups in total. The first kappa shape index (κ1) is 9.35. The van der Waals surface area contributed by atoms with Gasteiger partial charge in [-0.15, -0.1) is 0 Å². The lowest BCUT2D eigenvalue weighted by Crippen LogP contribution is -1.97. The average Bonchev–Trinajstić information content (AvgIpc) is 2.79. The van der Waals surface area contributed by atoms with E-state index in [0.717, 1.165) is 28.4 Å². The summed E-state index contributed by atoms with van der Waals surface area (Å²) in [6, 6.07) is 9.87. The van der Waals surface area contributed by atoms with E-state index >= 15 is 0 Å². The molecule has 0 aliphatic carbocycles. The number of benzene rings is 1. The van der Waals surface area contributed by atoms with Crippen LogP contribution in [-0.4, -0.2) is 20.8 Å². The molecule has 18 heavy (non-hydrogen) atoms. The summed E-state index contributed by atoms with van der Waals surface area (Å²) in [4.78, 5) is 8.83. The van der Waals surface area contributed by atoms with Crippen LogP contribution in [0.25, 0.3) is 5.65 Å². The SMILES string of the molecule is C1=Nc2c(cnc3ccnn23)Nc2ccccc21. The summed E-state index contributed by atoms with van der Waals surface area (Å²) in [5.74, 6) is 0.765. The standard InChI is InChI=1S/C13H9N5/c1-2-4-10-9(3-1)7-15-13-11(17-10)8-14-12-5-6-16-18(12)13/h1-8,17H. The lowest BCUT2D eigenvalue weighted by atomic mass is 10.2. The normalized spacial score (nSPS) is 12.7. The van der Waals surface area contributed by atoms with E-state index in [1.54, 1.807) is 16.9 Å². The van der Waals surface area contributed by atoms with Crippen LogP contribution in [0.5, 0.6) is 0 Å². The van der Waals surface area contributed by atoms with Crippen molar-refractivity contribution in [2.75, 3.05) is 5.32 Å². The van der Waals surface area contributed by atoms with Crippen LogP contribution in [0.15, 0.2) is 47.7 Å². The number of hydrogen-bond acceptors (Lipinski definition) is 4. The van der Waals surface area contributed by atoms with Crippen LogP contribution in [0.4, 0.5) is 17.2 Å². The summed E-state index contributed by atoms with van der Waals surface area (Å²) in [6.45, 7) is 0. The Balaban J connectivity index is 2.01. The highest BCUT2D eigenvalue weighted by atomic mass is 15.3. The largest absolute Gasteiger partial charge is 0.351 e. The molecule has 1 aliphatic heterocycles. The van der Waals surface area contributed by atoms with Gasteiger partial charge in [-0.25, -0.2) is 9.98 Å². The molecule has 4 rings (SSSR count). The maximum Gasteiger partial charge on any atom is 0.181 e. The number of aromatic nitrogens is 3. The summed E-state index contributed by atoms with van der Waals surface area (Å²) in [7, 11) is 0. The molecule has 0 radical (unpaired) electrons. The minimum absolute atomic E-state index is 0.765. The summed E-state index contributed by atoms with van der Waals surface area (Å²) >= 11 is 0. The zero-order valence-electron chi connectivity index (χ0n) is 9.41. The van der Waals surface area contributed by atoms with Gasteiger partial charge < -0.3 is 5.32 Å². The van der Waals surface area contributed by atoms with Gasteiger partial charge in [0.1, 0.15) is 5.69 Å². The van der Waals surface area contributed by atoms with E-state index in [4.69, 9.17) is 0 Å². The first-order chi connectivity index (χ1) is 8.92. The van der Waals surface area contributed by atoms with E-state index < -0.39 is 0 Å². The van der Waals surface area contributed by atoms with Gasteiger partial charge in [-0.2, -0.15) is 9.61 Å². The van der Waals surface area contributed by atoms with Gasteiger partial charge >= 0.3 is 0 Å². The fraction of sp³-hybridized carbons (Fsp3) is 0. The third-order valence-electron chi connectivity index (χ3n) is 2.95. The Morgan fingerprint density at radius 1 is 1.06 bits per heavy atom. The molecule has 5 nitrogen and oxygen atoms in total. The molecule has 2 aromatic heterocycles. The van der Waals surface area contributed by atoms with E-state index in [2.05, 4.69) is 20.4 Å². The molecule has 0 fully saturated rings. The Bertz CT molecular complexity index is 772. The molecule has 0 saturated heterocycles. The van der Waals surface area contributed by atoms with Crippen LogP contribution in [-0.2, 0) is 0 Å². The van der Waals surface area contributed by atoms with Crippen molar-refractivity contribution < 1.29 is 0 Å². The molecule has 0 spiro atoms. The molecular weight excluding hydrogens is 226 g/mol. The predicted octanol–water partition coefficient (Wildman–Crippen LogP) is 2.54. The van der Waals surface area contributed by atoms with Gasteiger partial charge in [-0.1, -0.05) is 18.2 Å². The molecular formula is C13H9N5. The Morgan fingerprint density at radius 2 is 2.00 bits per heavy atom. The van der Waals surface area contributed by atoms with Gasteiger partial charge in [0.25, 0.3) is 0 Å². The Kier molecular flexibility index (Phi) is 1.77. The number of rotatable bonds is 0. The van der Waals surface area contributed by atoms with E-state index in [1.807, 2.05) is 36.5 Å². The third kappa shape index (κ3) is 1.24. The maximum absolute atomic E-state index is 4.50. The van der Waals surface area contributed by atoms with E-state index in [1.165, 1.54) is 0 Å². The minimum atomic E-state index is 0.765. The summed E-state index contributed by atoms with van der Waals surface area (Å²) in [5.41, 5.74) is 3.72. The molecule has 0 atom stereocenters. The Labute approximate surface area is 103 Å². The molecule has 86 valence electrons. The van der Waals surface area contributed by atoms with Crippen molar-refractivity contribution in [1.29, 1.82) is 0 Å². The van der Waals surface area contributed by atoms with Gasteiger partial charge in [0.2, 0.25) is 0 Å². The molecule has 0 amide bonds. The lowest BCUT2D eigenvalue weighted by Gasteiger charge is -2.08. The van der Waals surface area contributed by atoms with Crippen LogP contribution in [0.2, 0.25) is 0 Å². The predicted molar refractivity (Wildman–Crippen MR) is 70.0 cm³/mol. The fourth-order valence-corrected chi connectivity index (χ4v) is 2.07. The number of fused-ring (bicyclic) bond motifs is 4. The monoisotopic (exact) mass is 235 g/mol. The summed E-state index contributed by atoms with van der Waals surface area (Å²) < 4.78 is 1.73. The first-order valence-electron chi connectivity index (χ1n) is 5.65. The highest BCUT2D eigenvalue weighted by Crippen LogP contribution is 2.31. The van der Waals surface area contributed by atoms with Crippen molar-refractivity contribution in [3.63, 3.8) is 0 Å². The molecule has 1 aliphatic rings. The zero-order chi connectivity index (χ0) is 11.9. The van der Waals surface area contributed by atoms with Crippen LogP contribution in [0, 0.1) is 0 Å². The number of nitrogens with one attached hydrogen (secondary N) is 1. The third-order valence-corrected chi connectivity index (χ3v) is 2.95. The summed E-state index contributed by atoms with van der Waals surface area (Å²) in [6.07, 6.45) is 5.34. The average molecular weight is 235 g/mol. The molecule has 3 heterocycles. The van der Waals surface area contributed by atoms with E-state index in [0.29, 0.717) is 0 Å². The minimum Gasteiger partial charge on any atom is -0.351 e. The van der Waals surface area contributed by atoms with Crippen LogP contribution >= 0.6 is 0 Å². The van der Waals surface area contributed by atoms with Crippen molar-refractivity contribution in [2.45, 2.75) is 0 Å². The summed E-state index contributed by atoms with van der Waals surface area (Å²) in [5, 5.41) is 7.57. The van der Waals surface area contributed by atoms with Gasteiger partial charge in [0.15, 0.2) is 11.5 Å². The smallest absolute Gasteiger partial charge is 0.181 e. The van der Waals surface area contributed by atoms with E-state index in [-0.39, 0.29) is 0 Å². The van der Waals surface area contributed by atoms with Crippen molar-refractivity contribution in [3.05, 3.63) is 48.3 Å². The number of para-hydroxylation sites is 1. The molecule has 5 heteroatoms. The Morgan fingerprint density at radius 3 is 3.00 bits per heavy atom. The van der Waals surface area contributed by atoms with Crippen LogP contribution < -0.4 is 5.32 Å². The molecule has 1 aromatic carbocycles. The quantitative estimate of drug-likeness (QED) is 0.509. The zero-order valence-corrected chi connectivity index (χ0v) is 9.41. The van der Waals surface area contributed by atoms with Crippen molar-refractivity contribution in [2.24, 2.45) is 4.99 Å². The number of aliphatic imine (C=N–C) groups is 1. The Hall–Kier alpha value is -2.69. The van der Waals surface area contributed by atoms with Crippen LogP contribution in [0.3, 0.4) is 0 Å². The van der Waals surface area contributed by atoms with Crippen molar-refractivity contribution in [3.8, 4) is 0 Å². The second-order valence-electron chi connectivity index (χ2n) is 4.07. The van der Waals surface area contributed by atoms with Gasteiger partial charge in [0, 0.05) is 23.5 Å². The van der Waals surface area contributed by atoms with Gasteiger partial charge in [-0.3, -0.25) is 0 Å². The highest BCUT2D eigenvalue weighted by molar-refractivity contribution is 5.94. The topological polar surface area (TPSA) is 54.6 Å². The fourth-order valence-electron chi connectivity index (χ4n) is 2.07. The second kappa shape index (κ2) is 3.40. The number of anilines is 2. The van der Waals surface area contributed by atoms with Gasteiger partial charge in [0.05, 0.1) is 12.4 Å². The van der Waals surface area contributed by atoms with Gasteiger partial charge in [-0.05, 0) is 6.07 Å². The van der Waals surface area contributed by atoms with E-state index in [9.17, 15) is 0 Å². The first-order valence-corrected chi connectivity index (χ1v) is 5.65. The van der Waals surface area contributed by atoms with Crippen LogP contribution in [0.1, 0.15) is 5.56 Å². The molecule has 0 bridgehead atoms. The number of hydrogen-bond donors (Lipinski definition) is 1. The highest BCUT2D eigenvalue weighted by Gasteiger charge is 2.12. The molecule has 3 aromatic rings. The van der Waals surface area contributed by atoms with Crippen molar-refractivity contribution >= 4 is 29.1 Å². The molecule has 0 unspecified atom stereocenters. The molecule has 0 saturated carbocycles. The maximum atomic E-state index is 4.50. The number of nitrogens with zero attached hydrogens (tertiary/aromatic N) is 4.